The number of phenolic OH excluding ortho intramolecular Hbond substituents is 1. The summed E-state index contributed by atoms with van der Waals surface area (Å²) in [5.74, 6) is -0.621. The molecule has 1 atom stereocenters. The minimum atomic E-state index is -0.498. The van der Waals surface area contributed by atoms with E-state index in [1.54, 1.807) is 6.20 Å². The van der Waals surface area contributed by atoms with Crippen molar-refractivity contribution < 1.29 is 9.50 Å². The zero-order valence-electron chi connectivity index (χ0n) is 18.2. The number of H-pyrrole nitrogens is 1. The summed E-state index contributed by atoms with van der Waals surface area (Å²) in [4.78, 5) is 12.9. The van der Waals surface area contributed by atoms with Gasteiger partial charge < -0.3 is 15.4 Å². The third-order valence-corrected chi connectivity index (χ3v) is 6.48. The number of nitrogens with zero attached hydrogens (tertiary/aromatic N) is 2. The molecule has 0 amide bonds. The van der Waals surface area contributed by atoms with Crippen molar-refractivity contribution in [1.82, 2.24) is 15.3 Å². The second kappa shape index (κ2) is 7.67. The molecule has 5 nitrogen and oxygen atoms in total. The number of fused-ring (bicyclic) bond motifs is 2. The Balaban J connectivity index is 1.46. The molecule has 0 aliphatic carbocycles. The molecule has 33 heavy (non-hydrogen) atoms. The summed E-state index contributed by atoms with van der Waals surface area (Å²) in [6.07, 6.45) is 4.97. The number of pyridine rings is 1. The van der Waals surface area contributed by atoms with Crippen molar-refractivity contribution in [3.63, 3.8) is 0 Å². The minimum Gasteiger partial charge on any atom is -0.508 e. The van der Waals surface area contributed by atoms with E-state index < -0.39 is 5.82 Å². The Bertz CT molecular complexity index is 1450. The molecule has 4 aromatic rings. The Morgan fingerprint density at radius 3 is 2.79 bits per heavy atom. The number of aromatic amines is 1. The topological polar surface area (TPSA) is 73.3 Å². The lowest BCUT2D eigenvalue weighted by molar-refractivity contribution is 0.469. The summed E-state index contributed by atoms with van der Waals surface area (Å²) >= 11 is 0. The fourth-order valence-electron chi connectivity index (χ4n) is 4.88. The molecule has 0 saturated carbocycles. The van der Waals surface area contributed by atoms with Crippen LogP contribution in [0.2, 0.25) is 0 Å². The molecule has 2 aromatic heterocycles. The van der Waals surface area contributed by atoms with Gasteiger partial charge in [0.15, 0.2) is 0 Å². The van der Waals surface area contributed by atoms with Crippen LogP contribution in [0.3, 0.4) is 0 Å². The number of phenols is 1. The Morgan fingerprint density at radius 1 is 1.06 bits per heavy atom. The number of rotatable bonds is 3. The van der Waals surface area contributed by atoms with Crippen molar-refractivity contribution in [2.75, 3.05) is 13.1 Å². The Hall–Kier alpha value is -3.77. The summed E-state index contributed by atoms with van der Waals surface area (Å²) in [6, 6.07) is 14.7. The van der Waals surface area contributed by atoms with Crippen molar-refractivity contribution in [3.8, 4) is 17.0 Å². The van der Waals surface area contributed by atoms with Crippen molar-refractivity contribution in [3.05, 3.63) is 89.0 Å². The number of halogens is 1. The van der Waals surface area contributed by atoms with Gasteiger partial charge in [0.25, 0.3) is 0 Å². The van der Waals surface area contributed by atoms with Gasteiger partial charge in [-0.25, -0.2) is 4.39 Å². The summed E-state index contributed by atoms with van der Waals surface area (Å²) in [5.41, 5.74) is 8.84. The molecule has 3 N–H and O–H groups in total. The molecule has 0 radical (unpaired) electrons. The van der Waals surface area contributed by atoms with Crippen LogP contribution in [0.1, 0.15) is 41.8 Å². The van der Waals surface area contributed by atoms with Crippen LogP contribution in [0.4, 0.5) is 4.39 Å². The van der Waals surface area contributed by atoms with Crippen LogP contribution in [0.25, 0.3) is 27.7 Å². The maximum absolute atomic E-state index is 13.9. The van der Waals surface area contributed by atoms with Gasteiger partial charge in [0.2, 0.25) is 0 Å². The lowest BCUT2D eigenvalue weighted by atomic mass is 9.93. The van der Waals surface area contributed by atoms with Crippen LogP contribution in [-0.4, -0.2) is 33.9 Å². The molecule has 2 aromatic carbocycles. The van der Waals surface area contributed by atoms with Crippen LogP contribution in [0, 0.1) is 5.82 Å². The summed E-state index contributed by atoms with van der Waals surface area (Å²) in [7, 11) is 0. The second-order valence-electron chi connectivity index (χ2n) is 8.64. The largest absolute Gasteiger partial charge is 0.508 e. The quantitative estimate of drug-likeness (QED) is 0.403. The van der Waals surface area contributed by atoms with Crippen molar-refractivity contribution in [2.45, 2.75) is 19.4 Å². The van der Waals surface area contributed by atoms with Gasteiger partial charge in [0, 0.05) is 40.8 Å². The van der Waals surface area contributed by atoms with E-state index in [0.29, 0.717) is 11.3 Å². The van der Waals surface area contributed by atoms with E-state index in [1.807, 2.05) is 12.1 Å². The van der Waals surface area contributed by atoms with Gasteiger partial charge in [-0.05, 0) is 66.9 Å². The summed E-state index contributed by atoms with van der Waals surface area (Å²) in [5, 5.41) is 14.1. The Labute approximate surface area is 190 Å². The van der Waals surface area contributed by atoms with E-state index in [1.165, 1.54) is 28.8 Å². The Morgan fingerprint density at radius 2 is 1.97 bits per heavy atom. The fourth-order valence-corrected chi connectivity index (χ4v) is 4.88. The predicted molar refractivity (Wildman–Crippen MR) is 129 cm³/mol. The van der Waals surface area contributed by atoms with Crippen molar-refractivity contribution in [1.29, 1.82) is 0 Å². The van der Waals surface area contributed by atoms with Gasteiger partial charge in [0.05, 0.1) is 23.1 Å². The molecule has 164 valence electrons. The normalized spacial score (nSPS) is 17.7. The lowest BCUT2D eigenvalue weighted by Crippen LogP contribution is -2.20. The van der Waals surface area contributed by atoms with E-state index in [2.05, 4.69) is 46.5 Å². The number of nitrogens with one attached hydrogen (secondary N) is 2. The van der Waals surface area contributed by atoms with E-state index in [4.69, 9.17) is 4.99 Å². The second-order valence-corrected chi connectivity index (χ2v) is 8.64. The molecule has 4 heterocycles. The fraction of sp³-hybridized carbons (Fsp3) is 0.185. The zero-order valence-corrected chi connectivity index (χ0v) is 18.2. The third kappa shape index (κ3) is 3.43. The van der Waals surface area contributed by atoms with Crippen LogP contribution in [0.15, 0.2) is 65.8 Å². The number of aromatic nitrogens is 2. The zero-order chi connectivity index (χ0) is 22.5. The summed E-state index contributed by atoms with van der Waals surface area (Å²) in [6.45, 7) is 4.01. The van der Waals surface area contributed by atoms with E-state index in [9.17, 15) is 9.50 Å². The number of hydrogen-bond donors (Lipinski definition) is 3. The van der Waals surface area contributed by atoms with Crippen molar-refractivity contribution in [2.24, 2.45) is 4.99 Å². The molecule has 0 unspecified atom stereocenters. The van der Waals surface area contributed by atoms with Gasteiger partial charge >= 0.3 is 0 Å². The molecule has 6 heteroatoms. The van der Waals surface area contributed by atoms with Crippen LogP contribution < -0.4 is 5.32 Å². The highest BCUT2D eigenvalue weighted by Crippen LogP contribution is 2.36. The van der Waals surface area contributed by atoms with Gasteiger partial charge in [-0.1, -0.05) is 18.2 Å². The first-order chi connectivity index (χ1) is 16.1. The molecular weight excluding hydrogens is 415 g/mol. The highest BCUT2D eigenvalue weighted by Gasteiger charge is 2.25. The molecule has 0 spiro atoms. The first-order valence-electron chi connectivity index (χ1n) is 11.2. The smallest absolute Gasteiger partial charge is 0.127 e. The average molecular weight is 439 g/mol. The first-order valence-corrected chi connectivity index (χ1v) is 11.2. The summed E-state index contributed by atoms with van der Waals surface area (Å²) < 4.78 is 13.9. The number of aliphatic imine (C=N–C) groups is 1. The monoisotopic (exact) mass is 438 g/mol. The molecule has 6 rings (SSSR count). The standard InChI is InChI=1S/C27H23FN4O/c1-15-21-3-2-17(16-4-7-29-8-5-16)12-22(21)27(31-15)25-14-23-24(32-25)6-9-30-26(23)18-10-19(28)13-20(33)11-18/h2-4,6,9-15,29,32-33H,5,7-8H2,1H3/t15-/m0/s1. The number of benzene rings is 2. The maximum atomic E-state index is 13.9. The van der Waals surface area contributed by atoms with Crippen LogP contribution >= 0.6 is 0 Å². The minimum absolute atomic E-state index is 0.0789. The van der Waals surface area contributed by atoms with Crippen LogP contribution in [0.5, 0.6) is 5.75 Å². The van der Waals surface area contributed by atoms with Gasteiger partial charge in [-0.3, -0.25) is 9.98 Å². The Kier molecular flexibility index (Phi) is 4.62. The van der Waals surface area contributed by atoms with Gasteiger partial charge in [-0.15, -0.1) is 0 Å². The highest BCUT2D eigenvalue weighted by molar-refractivity contribution is 6.17. The molecule has 2 aliphatic rings. The van der Waals surface area contributed by atoms with Gasteiger partial charge in [-0.2, -0.15) is 0 Å². The molecule has 0 saturated heterocycles. The maximum Gasteiger partial charge on any atom is 0.127 e. The van der Waals surface area contributed by atoms with E-state index in [-0.39, 0.29) is 11.8 Å². The molecule has 2 aliphatic heterocycles. The number of aromatic hydroxyl groups is 1. The SMILES string of the molecule is C[C@@H]1N=C(c2cc3c(-c4cc(O)cc(F)c4)nccc3[nH]2)c2cc(C3=CCNCC3)ccc21. The first kappa shape index (κ1) is 19.9. The average Bonchev–Trinajstić information content (AvgIpc) is 3.39. The van der Waals surface area contributed by atoms with E-state index in [0.717, 1.165) is 53.4 Å². The molecule has 0 fully saturated rings. The number of hydrogen-bond acceptors (Lipinski definition) is 4. The highest BCUT2D eigenvalue weighted by atomic mass is 19.1. The van der Waals surface area contributed by atoms with Crippen molar-refractivity contribution >= 4 is 22.2 Å². The molecule has 0 bridgehead atoms. The lowest BCUT2D eigenvalue weighted by Gasteiger charge is -2.15. The predicted octanol–water partition coefficient (Wildman–Crippen LogP) is 5.36. The van der Waals surface area contributed by atoms with Crippen LogP contribution in [-0.2, 0) is 0 Å². The van der Waals surface area contributed by atoms with Gasteiger partial charge in [0.1, 0.15) is 11.6 Å². The van der Waals surface area contributed by atoms with E-state index >= 15 is 0 Å². The third-order valence-electron chi connectivity index (χ3n) is 6.48. The molecular formula is C27H23FN4O.